The van der Waals surface area contributed by atoms with Crippen LogP contribution in [0.1, 0.15) is 6.92 Å². The highest BCUT2D eigenvalue weighted by Gasteiger charge is 1.97. The molecular weight excluding hydrogens is 168 g/mol. The van der Waals surface area contributed by atoms with Crippen LogP contribution in [0.5, 0.6) is 0 Å². The maximum Gasteiger partial charge on any atom is 0.0638 e. The number of hydrogen-bond acceptors (Lipinski definition) is 3. The van der Waals surface area contributed by atoms with E-state index in [4.69, 9.17) is 5.73 Å². The van der Waals surface area contributed by atoms with E-state index in [-0.39, 0.29) is 0 Å². The molecule has 12 heavy (non-hydrogen) atoms. The summed E-state index contributed by atoms with van der Waals surface area (Å²) >= 11 is 1.69. The standard InChI is InChI=1S/C9H12N2S/c1-7(2)6-12-9-3-4-11-5-8(9)10/h3-5H,1,6,10H2,2H3. The smallest absolute Gasteiger partial charge is 0.0638 e. The maximum atomic E-state index is 5.69. The summed E-state index contributed by atoms with van der Waals surface area (Å²) in [6, 6.07) is 1.92. The van der Waals surface area contributed by atoms with Gasteiger partial charge in [-0.2, -0.15) is 0 Å². The Bertz CT molecular complexity index is 284. The van der Waals surface area contributed by atoms with Crippen LogP contribution < -0.4 is 5.73 Å². The van der Waals surface area contributed by atoms with Crippen LogP contribution in [0.2, 0.25) is 0 Å². The third-order valence-corrected chi connectivity index (χ3v) is 2.60. The summed E-state index contributed by atoms with van der Waals surface area (Å²) in [5, 5.41) is 0. The molecule has 1 aromatic rings. The van der Waals surface area contributed by atoms with E-state index in [1.807, 2.05) is 13.0 Å². The van der Waals surface area contributed by atoms with Gasteiger partial charge in [-0.1, -0.05) is 12.2 Å². The first kappa shape index (κ1) is 9.13. The molecule has 0 aliphatic heterocycles. The summed E-state index contributed by atoms with van der Waals surface area (Å²) in [7, 11) is 0. The third kappa shape index (κ3) is 2.58. The molecule has 0 aromatic carbocycles. The van der Waals surface area contributed by atoms with E-state index in [9.17, 15) is 0 Å². The lowest BCUT2D eigenvalue weighted by molar-refractivity contribution is 1.27. The van der Waals surface area contributed by atoms with Gasteiger partial charge in [-0.05, 0) is 13.0 Å². The Hall–Kier alpha value is -0.960. The normalized spacial score (nSPS) is 9.75. The minimum Gasteiger partial charge on any atom is -0.397 e. The van der Waals surface area contributed by atoms with Gasteiger partial charge in [0.05, 0.1) is 11.9 Å². The summed E-state index contributed by atoms with van der Waals surface area (Å²) in [6.45, 7) is 5.83. The largest absolute Gasteiger partial charge is 0.397 e. The minimum absolute atomic E-state index is 0.740. The second kappa shape index (κ2) is 4.16. The van der Waals surface area contributed by atoms with Crippen LogP contribution in [0.15, 0.2) is 35.5 Å². The maximum absolute atomic E-state index is 5.69. The highest BCUT2D eigenvalue weighted by Crippen LogP contribution is 2.24. The van der Waals surface area contributed by atoms with E-state index in [1.54, 1.807) is 24.2 Å². The van der Waals surface area contributed by atoms with Crippen LogP contribution in [0, 0.1) is 0 Å². The SMILES string of the molecule is C=C(C)CSc1ccncc1N. The molecule has 0 unspecified atom stereocenters. The van der Waals surface area contributed by atoms with E-state index in [2.05, 4.69) is 11.6 Å². The number of pyridine rings is 1. The molecule has 0 saturated heterocycles. The topological polar surface area (TPSA) is 38.9 Å². The van der Waals surface area contributed by atoms with Crippen LogP contribution in [-0.4, -0.2) is 10.7 Å². The van der Waals surface area contributed by atoms with Gasteiger partial charge in [0, 0.05) is 16.8 Å². The molecule has 2 nitrogen and oxygen atoms in total. The van der Waals surface area contributed by atoms with E-state index in [1.165, 1.54) is 0 Å². The van der Waals surface area contributed by atoms with Crippen molar-refractivity contribution in [3.05, 3.63) is 30.6 Å². The zero-order valence-electron chi connectivity index (χ0n) is 7.08. The van der Waals surface area contributed by atoms with Crippen LogP contribution in [0.25, 0.3) is 0 Å². The average molecular weight is 180 g/mol. The summed E-state index contributed by atoms with van der Waals surface area (Å²) in [4.78, 5) is 4.99. The third-order valence-electron chi connectivity index (χ3n) is 1.28. The van der Waals surface area contributed by atoms with Crippen molar-refractivity contribution in [2.75, 3.05) is 11.5 Å². The van der Waals surface area contributed by atoms with Gasteiger partial charge in [-0.15, -0.1) is 11.8 Å². The highest BCUT2D eigenvalue weighted by atomic mass is 32.2. The number of nitrogens with two attached hydrogens (primary N) is 1. The monoisotopic (exact) mass is 180 g/mol. The van der Waals surface area contributed by atoms with E-state index < -0.39 is 0 Å². The summed E-state index contributed by atoms with van der Waals surface area (Å²) in [6.07, 6.45) is 3.41. The molecular formula is C9H12N2S. The van der Waals surface area contributed by atoms with Crippen molar-refractivity contribution in [2.45, 2.75) is 11.8 Å². The molecule has 0 bridgehead atoms. The second-order valence-corrected chi connectivity index (χ2v) is 3.68. The number of thioether (sulfide) groups is 1. The number of hydrogen-bond donors (Lipinski definition) is 1. The van der Waals surface area contributed by atoms with E-state index in [0.29, 0.717) is 0 Å². The molecule has 1 heterocycles. The molecule has 0 aliphatic rings. The number of nitrogens with zero attached hydrogens (tertiary/aromatic N) is 1. The van der Waals surface area contributed by atoms with Gasteiger partial charge >= 0.3 is 0 Å². The molecule has 1 rings (SSSR count). The van der Waals surface area contributed by atoms with Gasteiger partial charge in [0.25, 0.3) is 0 Å². The Morgan fingerprint density at radius 3 is 3.08 bits per heavy atom. The number of aromatic nitrogens is 1. The Morgan fingerprint density at radius 2 is 2.50 bits per heavy atom. The van der Waals surface area contributed by atoms with Crippen LogP contribution in [0.4, 0.5) is 5.69 Å². The first-order valence-electron chi connectivity index (χ1n) is 3.67. The van der Waals surface area contributed by atoms with Gasteiger partial charge in [0.1, 0.15) is 0 Å². The lowest BCUT2D eigenvalue weighted by Gasteiger charge is -2.02. The lowest BCUT2D eigenvalue weighted by atomic mass is 10.4. The van der Waals surface area contributed by atoms with Gasteiger partial charge in [-0.25, -0.2) is 0 Å². The first-order chi connectivity index (χ1) is 5.70. The fourth-order valence-corrected chi connectivity index (χ4v) is 1.50. The fraction of sp³-hybridized carbons (Fsp3) is 0.222. The zero-order valence-corrected chi connectivity index (χ0v) is 7.90. The number of rotatable bonds is 3. The molecule has 0 radical (unpaired) electrons. The minimum atomic E-state index is 0.740. The molecule has 2 N–H and O–H groups in total. The first-order valence-corrected chi connectivity index (χ1v) is 4.65. The van der Waals surface area contributed by atoms with Crippen molar-refractivity contribution < 1.29 is 0 Å². The summed E-state index contributed by atoms with van der Waals surface area (Å²) in [5.74, 6) is 0.911. The molecule has 0 amide bonds. The molecule has 0 aliphatic carbocycles. The predicted molar refractivity (Wildman–Crippen MR) is 54.2 cm³/mol. The van der Waals surface area contributed by atoms with Gasteiger partial charge in [0.2, 0.25) is 0 Å². The summed E-state index contributed by atoms with van der Waals surface area (Å²) < 4.78 is 0. The molecule has 0 spiro atoms. The quantitative estimate of drug-likeness (QED) is 0.573. The second-order valence-electron chi connectivity index (χ2n) is 2.66. The molecule has 0 fully saturated rings. The number of anilines is 1. The van der Waals surface area contributed by atoms with Gasteiger partial charge in [-0.3, -0.25) is 4.98 Å². The Balaban J connectivity index is 2.63. The van der Waals surface area contributed by atoms with Crippen molar-refractivity contribution in [1.82, 2.24) is 4.98 Å². The number of nitrogen functional groups attached to an aromatic ring is 1. The van der Waals surface area contributed by atoms with E-state index in [0.717, 1.165) is 21.9 Å². The molecule has 1 aromatic heterocycles. The molecule has 3 heteroatoms. The van der Waals surface area contributed by atoms with E-state index >= 15 is 0 Å². The summed E-state index contributed by atoms with van der Waals surface area (Å²) in [5.41, 5.74) is 7.58. The lowest BCUT2D eigenvalue weighted by Crippen LogP contribution is -1.90. The molecule has 0 saturated carbocycles. The van der Waals surface area contributed by atoms with Gasteiger partial charge < -0.3 is 5.73 Å². The molecule has 0 atom stereocenters. The van der Waals surface area contributed by atoms with Crippen molar-refractivity contribution in [2.24, 2.45) is 0 Å². The zero-order chi connectivity index (χ0) is 8.97. The fourth-order valence-electron chi connectivity index (χ4n) is 0.726. The Labute approximate surface area is 76.9 Å². The Kier molecular flexibility index (Phi) is 3.17. The van der Waals surface area contributed by atoms with Crippen molar-refractivity contribution in [1.29, 1.82) is 0 Å². The predicted octanol–water partition coefficient (Wildman–Crippen LogP) is 2.33. The average Bonchev–Trinajstić information content (AvgIpc) is 2.03. The van der Waals surface area contributed by atoms with Crippen molar-refractivity contribution in [3.8, 4) is 0 Å². The van der Waals surface area contributed by atoms with Crippen LogP contribution >= 0.6 is 11.8 Å². The highest BCUT2D eigenvalue weighted by molar-refractivity contribution is 7.99. The Morgan fingerprint density at radius 1 is 1.75 bits per heavy atom. The van der Waals surface area contributed by atoms with Crippen LogP contribution in [0.3, 0.4) is 0 Å². The van der Waals surface area contributed by atoms with Crippen LogP contribution in [-0.2, 0) is 0 Å². The molecule has 64 valence electrons. The van der Waals surface area contributed by atoms with Crippen molar-refractivity contribution in [3.63, 3.8) is 0 Å². The van der Waals surface area contributed by atoms with Crippen molar-refractivity contribution >= 4 is 17.4 Å². The van der Waals surface area contributed by atoms with Gasteiger partial charge in [0.15, 0.2) is 0 Å².